The lowest BCUT2D eigenvalue weighted by atomic mass is 10.2. The third-order valence-electron chi connectivity index (χ3n) is 2.44. The van der Waals surface area contributed by atoms with Gasteiger partial charge in [0, 0.05) is 18.1 Å². The molecular formula is C11H11N3O3. The molecule has 17 heavy (non-hydrogen) atoms. The molecule has 88 valence electrons. The third-order valence-corrected chi connectivity index (χ3v) is 2.44. The van der Waals surface area contributed by atoms with Crippen LogP contribution in [0.4, 0.5) is 0 Å². The standard InChI is InChI=1S/C11H11N3O3/c1-7-9(6-10(15)16)11(17)14(13-7)8-2-4-12-5-3-8/h2-5,13H,6H2,1H3,(H,15,16). The molecule has 0 radical (unpaired) electrons. The third kappa shape index (κ3) is 2.10. The predicted octanol–water partition coefficient (Wildman–Crippen LogP) is 0.496. The number of aromatic nitrogens is 3. The number of pyridine rings is 1. The Bertz CT molecular complexity index is 598. The van der Waals surface area contributed by atoms with Crippen molar-refractivity contribution in [2.24, 2.45) is 0 Å². The van der Waals surface area contributed by atoms with Gasteiger partial charge < -0.3 is 5.11 Å². The zero-order valence-corrected chi connectivity index (χ0v) is 9.17. The Labute approximate surface area is 96.5 Å². The predicted molar refractivity (Wildman–Crippen MR) is 60.3 cm³/mol. The van der Waals surface area contributed by atoms with Gasteiger partial charge in [-0.3, -0.25) is 19.7 Å². The molecule has 0 aliphatic rings. The van der Waals surface area contributed by atoms with E-state index in [9.17, 15) is 9.59 Å². The molecule has 0 fully saturated rings. The van der Waals surface area contributed by atoms with E-state index in [1.807, 2.05) is 0 Å². The van der Waals surface area contributed by atoms with E-state index < -0.39 is 5.97 Å². The Balaban J connectivity index is 2.52. The van der Waals surface area contributed by atoms with Gasteiger partial charge in [-0.2, -0.15) is 0 Å². The van der Waals surface area contributed by atoms with Crippen LogP contribution in [0, 0.1) is 6.92 Å². The summed E-state index contributed by atoms with van der Waals surface area (Å²) in [6, 6.07) is 3.34. The smallest absolute Gasteiger partial charge is 0.308 e. The van der Waals surface area contributed by atoms with Crippen molar-refractivity contribution in [3.05, 3.63) is 46.1 Å². The molecule has 0 unspecified atom stereocenters. The zero-order valence-electron chi connectivity index (χ0n) is 9.17. The Hall–Kier alpha value is -2.37. The number of carboxylic acids is 1. The van der Waals surface area contributed by atoms with Crippen LogP contribution in [-0.2, 0) is 11.2 Å². The molecule has 2 aromatic rings. The van der Waals surface area contributed by atoms with E-state index in [-0.39, 0.29) is 17.5 Å². The van der Waals surface area contributed by atoms with E-state index in [0.717, 1.165) is 0 Å². The second-order valence-corrected chi connectivity index (χ2v) is 3.63. The van der Waals surface area contributed by atoms with E-state index in [4.69, 9.17) is 5.11 Å². The van der Waals surface area contributed by atoms with Gasteiger partial charge in [0.15, 0.2) is 0 Å². The lowest BCUT2D eigenvalue weighted by Crippen LogP contribution is -2.19. The van der Waals surface area contributed by atoms with Gasteiger partial charge in [-0.25, -0.2) is 4.68 Å². The fourth-order valence-electron chi connectivity index (χ4n) is 1.62. The van der Waals surface area contributed by atoms with Gasteiger partial charge >= 0.3 is 5.97 Å². The summed E-state index contributed by atoms with van der Waals surface area (Å²) in [5.74, 6) is -1.02. The van der Waals surface area contributed by atoms with Crippen LogP contribution in [0.5, 0.6) is 0 Å². The summed E-state index contributed by atoms with van der Waals surface area (Å²) >= 11 is 0. The van der Waals surface area contributed by atoms with Crippen molar-refractivity contribution < 1.29 is 9.90 Å². The fraction of sp³-hybridized carbons (Fsp3) is 0.182. The van der Waals surface area contributed by atoms with E-state index in [0.29, 0.717) is 11.4 Å². The van der Waals surface area contributed by atoms with Crippen LogP contribution in [0.3, 0.4) is 0 Å². The average molecular weight is 233 g/mol. The molecule has 2 aromatic heterocycles. The molecule has 0 spiro atoms. The maximum atomic E-state index is 12.0. The van der Waals surface area contributed by atoms with E-state index in [2.05, 4.69) is 10.1 Å². The lowest BCUT2D eigenvalue weighted by molar-refractivity contribution is -0.136. The number of H-pyrrole nitrogens is 1. The topological polar surface area (TPSA) is 88.0 Å². The lowest BCUT2D eigenvalue weighted by Gasteiger charge is -1.99. The van der Waals surface area contributed by atoms with Crippen LogP contribution < -0.4 is 5.56 Å². The molecule has 2 N–H and O–H groups in total. The second-order valence-electron chi connectivity index (χ2n) is 3.63. The molecule has 6 nitrogen and oxygen atoms in total. The first-order valence-corrected chi connectivity index (χ1v) is 5.02. The average Bonchev–Trinajstić information content (AvgIpc) is 2.58. The first-order chi connectivity index (χ1) is 8.09. The summed E-state index contributed by atoms with van der Waals surface area (Å²) in [7, 11) is 0. The maximum Gasteiger partial charge on any atom is 0.308 e. The monoisotopic (exact) mass is 233 g/mol. The van der Waals surface area contributed by atoms with Gasteiger partial charge in [0.1, 0.15) is 0 Å². The van der Waals surface area contributed by atoms with Gasteiger partial charge in [0.2, 0.25) is 0 Å². The highest BCUT2D eigenvalue weighted by Crippen LogP contribution is 2.06. The summed E-state index contributed by atoms with van der Waals surface area (Å²) < 4.78 is 1.31. The molecule has 0 aromatic carbocycles. The number of carbonyl (C=O) groups is 1. The molecule has 0 aliphatic heterocycles. The normalized spacial score (nSPS) is 10.4. The van der Waals surface area contributed by atoms with Crippen LogP contribution in [0.15, 0.2) is 29.3 Å². The molecule has 0 saturated heterocycles. The number of nitrogens with one attached hydrogen (secondary N) is 1. The molecule has 2 heterocycles. The van der Waals surface area contributed by atoms with Crippen molar-refractivity contribution in [2.75, 3.05) is 0 Å². The van der Waals surface area contributed by atoms with Gasteiger partial charge in [-0.1, -0.05) is 0 Å². The van der Waals surface area contributed by atoms with Gasteiger partial charge in [-0.05, 0) is 19.1 Å². The minimum atomic E-state index is -1.02. The molecule has 0 atom stereocenters. The molecule has 0 aliphatic carbocycles. The van der Waals surface area contributed by atoms with Gasteiger partial charge in [0.05, 0.1) is 17.7 Å². The number of rotatable bonds is 3. The Morgan fingerprint density at radius 1 is 1.47 bits per heavy atom. The van der Waals surface area contributed by atoms with Crippen molar-refractivity contribution in [1.82, 2.24) is 14.8 Å². The van der Waals surface area contributed by atoms with Crippen LogP contribution in [0.1, 0.15) is 11.3 Å². The molecule has 0 saturated carbocycles. The summed E-state index contributed by atoms with van der Waals surface area (Å²) in [6.45, 7) is 1.68. The molecular weight excluding hydrogens is 222 g/mol. The Morgan fingerprint density at radius 2 is 2.12 bits per heavy atom. The quantitative estimate of drug-likeness (QED) is 0.807. The Morgan fingerprint density at radius 3 is 2.71 bits per heavy atom. The largest absolute Gasteiger partial charge is 0.481 e. The summed E-state index contributed by atoms with van der Waals surface area (Å²) in [6.07, 6.45) is 2.85. The number of hydrogen-bond donors (Lipinski definition) is 2. The summed E-state index contributed by atoms with van der Waals surface area (Å²) in [5, 5.41) is 11.6. The summed E-state index contributed by atoms with van der Waals surface area (Å²) in [5.41, 5.74) is 1.13. The van der Waals surface area contributed by atoms with Gasteiger partial charge in [0.25, 0.3) is 5.56 Å². The van der Waals surface area contributed by atoms with Gasteiger partial charge in [-0.15, -0.1) is 0 Å². The van der Waals surface area contributed by atoms with E-state index in [1.54, 1.807) is 31.5 Å². The number of hydrogen-bond acceptors (Lipinski definition) is 3. The summed E-state index contributed by atoms with van der Waals surface area (Å²) in [4.78, 5) is 26.5. The van der Waals surface area contributed by atoms with Crippen molar-refractivity contribution in [3.63, 3.8) is 0 Å². The number of aliphatic carboxylic acids is 1. The van der Waals surface area contributed by atoms with Crippen molar-refractivity contribution >= 4 is 5.97 Å². The highest BCUT2D eigenvalue weighted by atomic mass is 16.4. The first kappa shape index (κ1) is 11.1. The van der Waals surface area contributed by atoms with Crippen LogP contribution in [0.25, 0.3) is 5.69 Å². The fourth-order valence-corrected chi connectivity index (χ4v) is 1.62. The Kier molecular flexibility index (Phi) is 2.78. The number of nitrogens with zero attached hydrogens (tertiary/aromatic N) is 2. The zero-order chi connectivity index (χ0) is 12.4. The molecule has 6 heteroatoms. The minimum absolute atomic E-state index is 0.273. The maximum absolute atomic E-state index is 12.0. The first-order valence-electron chi connectivity index (χ1n) is 5.02. The van der Waals surface area contributed by atoms with Crippen molar-refractivity contribution in [3.8, 4) is 5.69 Å². The van der Waals surface area contributed by atoms with E-state index >= 15 is 0 Å². The van der Waals surface area contributed by atoms with Crippen LogP contribution in [0.2, 0.25) is 0 Å². The molecule has 0 bridgehead atoms. The van der Waals surface area contributed by atoms with Crippen LogP contribution in [-0.4, -0.2) is 25.8 Å². The highest BCUT2D eigenvalue weighted by Gasteiger charge is 2.14. The van der Waals surface area contributed by atoms with Crippen LogP contribution >= 0.6 is 0 Å². The number of aromatic amines is 1. The number of aryl methyl sites for hydroxylation is 1. The second kappa shape index (κ2) is 4.25. The minimum Gasteiger partial charge on any atom is -0.481 e. The SMILES string of the molecule is Cc1[nH]n(-c2ccncc2)c(=O)c1CC(=O)O. The van der Waals surface area contributed by atoms with Crippen molar-refractivity contribution in [2.45, 2.75) is 13.3 Å². The highest BCUT2D eigenvalue weighted by molar-refractivity contribution is 5.70. The molecule has 0 amide bonds. The number of carboxylic acid groups (broad SMARTS) is 1. The van der Waals surface area contributed by atoms with E-state index in [1.165, 1.54) is 4.68 Å². The molecule has 2 rings (SSSR count). The van der Waals surface area contributed by atoms with Crippen molar-refractivity contribution in [1.29, 1.82) is 0 Å².